The van der Waals surface area contributed by atoms with E-state index in [0.29, 0.717) is 12.3 Å². The molecular formula is C13H17BrF3NOS. The summed E-state index contributed by atoms with van der Waals surface area (Å²) in [6.45, 7) is 3.73. The van der Waals surface area contributed by atoms with Gasteiger partial charge >= 0.3 is 5.51 Å². The average Bonchev–Trinajstić information content (AvgIpc) is 2.37. The molecular weight excluding hydrogens is 355 g/mol. The van der Waals surface area contributed by atoms with Gasteiger partial charge in [-0.05, 0) is 48.5 Å². The Bertz CT molecular complexity index is 415. The molecule has 1 aromatic rings. The van der Waals surface area contributed by atoms with Crippen LogP contribution < -0.4 is 10.1 Å². The quantitative estimate of drug-likeness (QED) is 0.675. The Hall–Kier alpha value is -0.400. The highest BCUT2D eigenvalue weighted by Gasteiger charge is 2.27. The molecule has 20 heavy (non-hydrogen) atoms. The third kappa shape index (κ3) is 7.40. The van der Waals surface area contributed by atoms with Crippen LogP contribution in [-0.4, -0.2) is 24.4 Å². The summed E-state index contributed by atoms with van der Waals surface area (Å²) in [5, 5.41) is 3.27. The molecule has 0 saturated heterocycles. The number of rotatable bonds is 8. The minimum Gasteiger partial charge on any atom is -0.493 e. The molecule has 1 rings (SSSR count). The third-order valence-electron chi connectivity index (χ3n) is 2.38. The molecule has 2 nitrogen and oxygen atoms in total. The van der Waals surface area contributed by atoms with E-state index in [9.17, 15) is 13.2 Å². The first kappa shape index (κ1) is 17.7. The summed E-state index contributed by atoms with van der Waals surface area (Å²) in [5.74, 6) is 0.479. The van der Waals surface area contributed by atoms with Crippen molar-refractivity contribution in [1.82, 2.24) is 5.32 Å². The number of halogens is 4. The molecule has 1 aromatic carbocycles. The predicted octanol–water partition coefficient (Wildman–Crippen LogP) is 4.58. The van der Waals surface area contributed by atoms with Crippen LogP contribution in [0.15, 0.2) is 22.7 Å². The summed E-state index contributed by atoms with van der Waals surface area (Å²) in [6.07, 6.45) is 1.04. The van der Waals surface area contributed by atoms with Gasteiger partial charge in [0.1, 0.15) is 5.75 Å². The summed E-state index contributed by atoms with van der Waals surface area (Å²) in [4.78, 5) is 0. The lowest BCUT2D eigenvalue weighted by Gasteiger charge is -2.11. The normalized spacial score (nSPS) is 11.7. The summed E-state index contributed by atoms with van der Waals surface area (Å²) < 4.78 is 42.2. The molecule has 0 aliphatic heterocycles. The zero-order valence-electron chi connectivity index (χ0n) is 11.1. The first-order chi connectivity index (χ1) is 9.42. The van der Waals surface area contributed by atoms with Crippen molar-refractivity contribution in [3.8, 4) is 5.75 Å². The van der Waals surface area contributed by atoms with Gasteiger partial charge in [-0.15, -0.1) is 0 Å². The first-order valence-electron chi connectivity index (χ1n) is 6.25. The number of nitrogens with one attached hydrogen (secondary N) is 1. The van der Waals surface area contributed by atoms with E-state index in [0.717, 1.165) is 23.0 Å². The van der Waals surface area contributed by atoms with E-state index in [4.69, 9.17) is 4.74 Å². The van der Waals surface area contributed by atoms with E-state index in [1.54, 1.807) is 6.07 Å². The Morgan fingerprint density at radius 3 is 2.75 bits per heavy atom. The third-order valence-corrected chi connectivity index (χ3v) is 3.85. The van der Waals surface area contributed by atoms with Crippen molar-refractivity contribution in [2.24, 2.45) is 0 Å². The number of hydrogen-bond acceptors (Lipinski definition) is 3. The van der Waals surface area contributed by atoms with E-state index >= 15 is 0 Å². The van der Waals surface area contributed by atoms with E-state index in [1.165, 1.54) is 0 Å². The molecule has 7 heteroatoms. The molecule has 0 heterocycles. The van der Waals surface area contributed by atoms with Gasteiger partial charge in [0.25, 0.3) is 0 Å². The number of thioether (sulfide) groups is 1. The Morgan fingerprint density at radius 1 is 1.35 bits per heavy atom. The number of benzene rings is 1. The molecule has 114 valence electrons. The van der Waals surface area contributed by atoms with Crippen LogP contribution in [0, 0.1) is 0 Å². The SMILES string of the molecule is CCCNCc1cc(OCCSC(F)(F)F)ccc1Br. The summed E-state index contributed by atoms with van der Waals surface area (Å²) in [6, 6.07) is 5.42. The molecule has 0 aliphatic rings. The Morgan fingerprint density at radius 2 is 2.10 bits per heavy atom. The molecule has 0 fully saturated rings. The van der Waals surface area contributed by atoms with Crippen molar-refractivity contribution in [3.63, 3.8) is 0 Å². The lowest BCUT2D eigenvalue weighted by molar-refractivity contribution is -0.0329. The second kappa shape index (κ2) is 8.79. The topological polar surface area (TPSA) is 21.3 Å². The number of ether oxygens (including phenoxy) is 1. The van der Waals surface area contributed by atoms with Gasteiger partial charge in [-0.2, -0.15) is 13.2 Å². The van der Waals surface area contributed by atoms with Gasteiger partial charge in [-0.3, -0.25) is 0 Å². The fourth-order valence-electron chi connectivity index (χ4n) is 1.49. The smallest absolute Gasteiger partial charge is 0.441 e. The van der Waals surface area contributed by atoms with Gasteiger partial charge in [0.15, 0.2) is 0 Å². The fraction of sp³-hybridized carbons (Fsp3) is 0.538. The van der Waals surface area contributed by atoms with Crippen molar-refractivity contribution >= 4 is 27.7 Å². The zero-order valence-corrected chi connectivity index (χ0v) is 13.5. The van der Waals surface area contributed by atoms with E-state index in [1.807, 2.05) is 12.1 Å². The number of alkyl halides is 3. The standard InChI is InChI=1S/C13H17BrF3NOS/c1-2-5-18-9-10-8-11(3-4-12(10)14)19-6-7-20-13(15,16)17/h3-4,8,18H,2,5-7,9H2,1H3. The maximum Gasteiger partial charge on any atom is 0.441 e. The van der Waals surface area contributed by atoms with E-state index in [2.05, 4.69) is 28.2 Å². The summed E-state index contributed by atoms with van der Waals surface area (Å²) >= 11 is 3.37. The lowest BCUT2D eigenvalue weighted by atomic mass is 10.2. The molecule has 0 saturated carbocycles. The highest BCUT2D eigenvalue weighted by molar-refractivity contribution is 9.10. The van der Waals surface area contributed by atoms with Crippen LogP contribution >= 0.6 is 27.7 Å². The molecule has 0 amide bonds. The Balaban J connectivity index is 2.44. The minimum atomic E-state index is -4.20. The fourth-order valence-corrected chi connectivity index (χ4v) is 2.28. The maximum absolute atomic E-state index is 12.0. The molecule has 0 bridgehead atoms. The summed E-state index contributed by atoms with van der Waals surface area (Å²) in [7, 11) is 0. The van der Waals surface area contributed by atoms with Crippen LogP contribution in [0.25, 0.3) is 0 Å². The van der Waals surface area contributed by atoms with Crippen molar-refractivity contribution in [2.45, 2.75) is 25.4 Å². The van der Waals surface area contributed by atoms with Crippen molar-refractivity contribution in [2.75, 3.05) is 18.9 Å². The van der Waals surface area contributed by atoms with Gasteiger partial charge in [0.2, 0.25) is 0 Å². The zero-order chi connectivity index (χ0) is 15.0. The monoisotopic (exact) mass is 371 g/mol. The van der Waals surface area contributed by atoms with Crippen LogP contribution in [0.2, 0.25) is 0 Å². The molecule has 0 atom stereocenters. The maximum atomic E-state index is 12.0. The highest BCUT2D eigenvalue weighted by atomic mass is 79.9. The van der Waals surface area contributed by atoms with Crippen LogP contribution in [0.5, 0.6) is 5.75 Å². The van der Waals surface area contributed by atoms with Crippen molar-refractivity contribution < 1.29 is 17.9 Å². The van der Waals surface area contributed by atoms with Gasteiger partial charge in [-0.25, -0.2) is 0 Å². The van der Waals surface area contributed by atoms with Crippen LogP contribution in [0.1, 0.15) is 18.9 Å². The highest BCUT2D eigenvalue weighted by Crippen LogP contribution is 2.30. The average molecular weight is 372 g/mol. The van der Waals surface area contributed by atoms with Gasteiger partial charge < -0.3 is 10.1 Å². The van der Waals surface area contributed by atoms with Gasteiger partial charge in [0.05, 0.1) is 6.61 Å². The van der Waals surface area contributed by atoms with Gasteiger partial charge in [0, 0.05) is 16.8 Å². The van der Waals surface area contributed by atoms with Crippen molar-refractivity contribution in [3.05, 3.63) is 28.2 Å². The molecule has 0 unspecified atom stereocenters. The Labute approximate surface area is 129 Å². The van der Waals surface area contributed by atoms with Crippen LogP contribution in [-0.2, 0) is 6.54 Å². The number of hydrogen-bond donors (Lipinski definition) is 1. The molecule has 0 spiro atoms. The summed E-state index contributed by atoms with van der Waals surface area (Å²) in [5.41, 5.74) is -3.17. The molecule has 0 radical (unpaired) electrons. The van der Waals surface area contributed by atoms with E-state index < -0.39 is 5.51 Å². The molecule has 1 N–H and O–H groups in total. The lowest BCUT2D eigenvalue weighted by Crippen LogP contribution is -2.14. The second-order valence-corrected chi connectivity index (χ2v) is 6.09. The van der Waals surface area contributed by atoms with Crippen LogP contribution in [0.4, 0.5) is 13.2 Å². The van der Waals surface area contributed by atoms with Crippen LogP contribution in [0.3, 0.4) is 0 Å². The Kier molecular flexibility index (Phi) is 7.76. The minimum absolute atomic E-state index is 0.0354. The second-order valence-electron chi connectivity index (χ2n) is 4.07. The molecule has 0 aliphatic carbocycles. The first-order valence-corrected chi connectivity index (χ1v) is 8.03. The van der Waals surface area contributed by atoms with E-state index in [-0.39, 0.29) is 24.1 Å². The predicted molar refractivity (Wildman–Crippen MR) is 80.1 cm³/mol. The molecule has 0 aromatic heterocycles. The largest absolute Gasteiger partial charge is 0.493 e. The van der Waals surface area contributed by atoms with Crippen molar-refractivity contribution in [1.29, 1.82) is 0 Å². The van der Waals surface area contributed by atoms with Gasteiger partial charge in [-0.1, -0.05) is 22.9 Å².